The average molecular weight is 417 g/mol. The Kier molecular flexibility index (Phi) is 5.93. The van der Waals surface area contributed by atoms with Crippen LogP contribution >= 0.6 is 0 Å². The fourth-order valence-electron chi connectivity index (χ4n) is 3.11. The Morgan fingerprint density at radius 1 is 1.00 bits per heavy atom. The SMILES string of the molecule is CCc1ncccc1CNc1nc(NC(=O)Nc2cccc(F)c2)nc2ncccc12. The molecule has 0 radical (unpaired) electrons. The van der Waals surface area contributed by atoms with E-state index >= 15 is 0 Å². The third-order valence-electron chi connectivity index (χ3n) is 4.54. The van der Waals surface area contributed by atoms with Gasteiger partial charge >= 0.3 is 6.03 Å². The van der Waals surface area contributed by atoms with E-state index in [1.807, 2.05) is 18.2 Å². The molecule has 156 valence electrons. The van der Waals surface area contributed by atoms with Crippen molar-refractivity contribution >= 4 is 34.5 Å². The van der Waals surface area contributed by atoms with Crippen LogP contribution in [-0.4, -0.2) is 26.0 Å². The first-order chi connectivity index (χ1) is 15.1. The van der Waals surface area contributed by atoms with Gasteiger partial charge in [0.15, 0.2) is 5.65 Å². The number of benzene rings is 1. The van der Waals surface area contributed by atoms with Crippen LogP contribution in [0.25, 0.3) is 11.0 Å². The predicted octanol–water partition coefficient (Wildman–Crippen LogP) is 4.38. The Bertz CT molecular complexity index is 1230. The zero-order valence-electron chi connectivity index (χ0n) is 16.8. The van der Waals surface area contributed by atoms with E-state index in [-0.39, 0.29) is 5.95 Å². The van der Waals surface area contributed by atoms with Crippen LogP contribution in [0.4, 0.5) is 26.6 Å². The highest BCUT2D eigenvalue weighted by molar-refractivity contribution is 5.99. The number of nitrogens with zero attached hydrogens (tertiary/aromatic N) is 4. The van der Waals surface area contributed by atoms with Gasteiger partial charge < -0.3 is 10.6 Å². The monoisotopic (exact) mass is 417 g/mol. The number of fused-ring (bicyclic) bond motifs is 1. The van der Waals surface area contributed by atoms with Crippen molar-refractivity contribution in [2.75, 3.05) is 16.0 Å². The number of aryl methyl sites for hydroxylation is 1. The number of urea groups is 1. The maximum absolute atomic E-state index is 13.3. The highest BCUT2D eigenvalue weighted by Gasteiger charge is 2.12. The van der Waals surface area contributed by atoms with Crippen LogP contribution in [0.5, 0.6) is 0 Å². The number of carbonyl (C=O) groups excluding carboxylic acids is 1. The quantitative estimate of drug-likeness (QED) is 0.430. The Morgan fingerprint density at radius 3 is 2.68 bits per heavy atom. The highest BCUT2D eigenvalue weighted by atomic mass is 19.1. The molecule has 31 heavy (non-hydrogen) atoms. The van der Waals surface area contributed by atoms with Crippen molar-refractivity contribution in [2.24, 2.45) is 0 Å². The van der Waals surface area contributed by atoms with Gasteiger partial charge in [0, 0.05) is 30.3 Å². The Morgan fingerprint density at radius 2 is 1.84 bits per heavy atom. The number of nitrogens with one attached hydrogen (secondary N) is 3. The van der Waals surface area contributed by atoms with Gasteiger partial charge in [-0.3, -0.25) is 10.3 Å². The van der Waals surface area contributed by atoms with Crippen LogP contribution in [0.3, 0.4) is 0 Å². The molecule has 4 rings (SSSR count). The molecule has 0 aliphatic heterocycles. The summed E-state index contributed by atoms with van der Waals surface area (Å²) in [6.07, 6.45) is 4.20. The maximum atomic E-state index is 13.3. The first kappa shape index (κ1) is 20.1. The van der Waals surface area contributed by atoms with Crippen LogP contribution < -0.4 is 16.0 Å². The zero-order valence-corrected chi connectivity index (χ0v) is 16.8. The molecule has 0 bridgehead atoms. The number of halogens is 1. The molecule has 0 spiro atoms. The topological polar surface area (TPSA) is 105 Å². The Labute approximate surface area is 178 Å². The van der Waals surface area contributed by atoms with E-state index in [9.17, 15) is 9.18 Å². The first-order valence-electron chi connectivity index (χ1n) is 9.75. The predicted molar refractivity (Wildman–Crippen MR) is 117 cm³/mol. The summed E-state index contributed by atoms with van der Waals surface area (Å²) in [5.74, 6) is 0.159. The third-order valence-corrected chi connectivity index (χ3v) is 4.54. The van der Waals surface area contributed by atoms with E-state index in [1.54, 1.807) is 24.5 Å². The van der Waals surface area contributed by atoms with Crippen LogP contribution in [0.1, 0.15) is 18.2 Å². The number of hydrogen-bond acceptors (Lipinski definition) is 6. The van der Waals surface area contributed by atoms with Gasteiger partial charge in [0.25, 0.3) is 0 Å². The lowest BCUT2D eigenvalue weighted by Crippen LogP contribution is -2.21. The average Bonchev–Trinajstić information content (AvgIpc) is 2.77. The number of amides is 2. The Hall–Kier alpha value is -4.14. The highest BCUT2D eigenvalue weighted by Crippen LogP contribution is 2.21. The summed E-state index contributed by atoms with van der Waals surface area (Å²) in [4.78, 5) is 29.7. The minimum absolute atomic E-state index is 0.0736. The molecule has 1 aromatic carbocycles. The molecule has 0 aliphatic carbocycles. The van der Waals surface area contributed by atoms with Crippen LogP contribution in [0, 0.1) is 5.82 Å². The molecule has 0 aliphatic rings. The van der Waals surface area contributed by atoms with Gasteiger partial charge in [0.2, 0.25) is 5.95 Å². The summed E-state index contributed by atoms with van der Waals surface area (Å²) in [5.41, 5.74) is 2.81. The second-order valence-electron chi connectivity index (χ2n) is 6.68. The molecule has 0 fully saturated rings. The molecule has 0 atom stereocenters. The van der Waals surface area contributed by atoms with Crippen molar-refractivity contribution in [1.82, 2.24) is 19.9 Å². The summed E-state index contributed by atoms with van der Waals surface area (Å²) in [6, 6.07) is 12.6. The molecule has 3 aromatic heterocycles. The molecule has 8 nitrogen and oxygen atoms in total. The van der Waals surface area contributed by atoms with Gasteiger partial charge in [0.05, 0.1) is 5.39 Å². The van der Waals surface area contributed by atoms with Gasteiger partial charge in [-0.1, -0.05) is 19.1 Å². The summed E-state index contributed by atoms with van der Waals surface area (Å²) >= 11 is 0. The lowest BCUT2D eigenvalue weighted by molar-refractivity contribution is 0.262. The van der Waals surface area contributed by atoms with Gasteiger partial charge in [-0.2, -0.15) is 9.97 Å². The van der Waals surface area contributed by atoms with Gasteiger partial charge in [-0.15, -0.1) is 0 Å². The van der Waals surface area contributed by atoms with Crippen LogP contribution in [0.2, 0.25) is 0 Å². The summed E-state index contributed by atoms with van der Waals surface area (Å²) < 4.78 is 13.3. The fourth-order valence-corrected chi connectivity index (χ4v) is 3.11. The largest absolute Gasteiger partial charge is 0.365 e. The molecule has 0 saturated heterocycles. The smallest absolute Gasteiger partial charge is 0.326 e. The van der Waals surface area contributed by atoms with Crippen molar-refractivity contribution in [2.45, 2.75) is 19.9 Å². The van der Waals surface area contributed by atoms with E-state index < -0.39 is 11.8 Å². The van der Waals surface area contributed by atoms with E-state index in [0.717, 1.165) is 23.1 Å². The van der Waals surface area contributed by atoms with Crippen molar-refractivity contribution in [3.8, 4) is 0 Å². The van der Waals surface area contributed by atoms with Crippen LogP contribution in [0.15, 0.2) is 60.9 Å². The van der Waals surface area contributed by atoms with E-state index in [1.165, 1.54) is 18.2 Å². The molecular formula is C22H20FN7O. The van der Waals surface area contributed by atoms with Gasteiger partial charge in [-0.25, -0.2) is 14.2 Å². The van der Waals surface area contributed by atoms with E-state index in [0.29, 0.717) is 23.7 Å². The molecule has 0 saturated carbocycles. The molecular weight excluding hydrogens is 397 g/mol. The minimum Gasteiger partial charge on any atom is -0.365 e. The molecule has 3 heterocycles. The zero-order chi connectivity index (χ0) is 21.6. The van der Waals surface area contributed by atoms with Crippen molar-refractivity contribution < 1.29 is 9.18 Å². The van der Waals surface area contributed by atoms with E-state index in [4.69, 9.17) is 0 Å². The molecule has 3 N–H and O–H groups in total. The second-order valence-corrected chi connectivity index (χ2v) is 6.68. The van der Waals surface area contributed by atoms with Crippen molar-refractivity contribution in [1.29, 1.82) is 0 Å². The second kappa shape index (κ2) is 9.12. The lowest BCUT2D eigenvalue weighted by Gasteiger charge is -2.12. The molecule has 9 heteroatoms. The number of carbonyl (C=O) groups is 1. The molecule has 2 amide bonds. The summed E-state index contributed by atoms with van der Waals surface area (Å²) in [7, 11) is 0. The third kappa shape index (κ3) is 4.89. The first-order valence-corrected chi connectivity index (χ1v) is 9.75. The van der Waals surface area contributed by atoms with Crippen LogP contribution in [-0.2, 0) is 13.0 Å². The number of rotatable bonds is 6. The van der Waals surface area contributed by atoms with Crippen molar-refractivity contribution in [3.63, 3.8) is 0 Å². The standard InChI is InChI=1S/C22H20FN7O/c1-2-18-14(6-4-10-24-18)13-26-20-17-9-5-11-25-19(17)28-21(29-20)30-22(31)27-16-8-3-7-15(23)12-16/h3-12H,2,13H2,1H3,(H3,25,26,27,28,29,30,31). The number of aromatic nitrogens is 4. The number of anilines is 3. The fraction of sp³-hybridized carbons (Fsp3) is 0.136. The molecule has 0 unspecified atom stereocenters. The normalized spacial score (nSPS) is 10.6. The minimum atomic E-state index is -0.590. The summed E-state index contributed by atoms with van der Waals surface area (Å²) in [6.45, 7) is 2.56. The molecule has 4 aromatic rings. The summed E-state index contributed by atoms with van der Waals surface area (Å²) in [5, 5.41) is 9.15. The van der Waals surface area contributed by atoms with Gasteiger partial charge in [0.1, 0.15) is 11.6 Å². The van der Waals surface area contributed by atoms with E-state index in [2.05, 4.69) is 42.8 Å². The number of hydrogen-bond donors (Lipinski definition) is 3. The van der Waals surface area contributed by atoms with Crippen molar-refractivity contribution in [3.05, 3.63) is 78.0 Å². The maximum Gasteiger partial charge on any atom is 0.326 e. The Balaban J connectivity index is 1.56. The van der Waals surface area contributed by atoms with Gasteiger partial charge in [-0.05, 0) is 48.4 Å². The lowest BCUT2D eigenvalue weighted by atomic mass is 10.1. The number of pyridine rings is 2.